The molecule has 5 rings (SSSR count). The van der Waals surface area contributed by atoms with E-state index in [0.717, 1.165) is 42.1 Å². The van der Waals surface area contributed by atoms with E-state index >= 15 is 0 Å². The van der Waals surface area contributed by atoms with Gasteiger partial charge < -0.3 is 23.8 Å². The average molecular weight is 872 g/mol. The number of benzene rings is 4. The van der Waals surface area contributed by atoms with Gasteiger partial charge in [-0.25, -0.2) is 4.79 Å². The maximum absolute atomic E-state index is 12.0. The van der Waals surface area contributed by atoms with Crippen molar-refractivity contribution < 1.29 is 38.3 Å². The Balaban J connectivity index is 0.000000228. The summed E-state index contributed by atoms with van der Waals surface area (Å²) in [4.78, 5) is 47.9. The molecule has 1 aliphatic heterocycles. The van der Waals surface area contributed by atoms with E-state index in [1.807, 2.05) is 63.2 Å². The van der Waals surface area contributed by atoms with E-state index in [-0.39, 0.29) is 52.5 Å². The van der Waals surface area contributed by atoms with Crippen LogP contribution in [-0.2, 0) is 25.5 Å². The number of aryl methyl sites for hydroxylation is 2. The standard InChI is InChI=1S/C14H9Cl2NO5.C14H20ClNO2.C11H11Cl2NO2/c1-21-14(18)10-7-9(3-4-12(10)17(19)20)22-13-5-2-8(15)6-11(13)16;1-4-12-8-6-7-11(3)14(12)16(10-18-5-2)13(17)9-15;1-7-6-16-9-5-3-2-4-8(9)14(7)11(15)10(12)13/h2-7H,1H3;6-8H,4-5,9-10H2,1-3H3;2-5,7,10H,6H2,1H3. The lowest BCUT2D eigenvalue weighted by Crippen LogP contribution is -2.47. The van der Waals surface area contributed by atoms with Crippen LogP contribution in [0.3, 0.4) is 0 Å². The van der Waals surface area contributed by atoms with Crippen LogP contribution in [0.1, 0.15) is 42.3 Å². The third-order valence-electron chi connectivity index (χ3n) is 7.97. The van der Waals surface area contributed by atoms with Crippen molar-refractivity contribution in [3.63, 3.8) is 0 Å². The van der Waals surface area contributed by atoms with Crippen molar-refractivity contribution in [2.75, 3.05) is 42.7 Å². The minimum atomic E-state index is -1.05. The van der Waals surface area contributed by atoms with Crippen LogP contribution in [0, 0.1) is 17.0 Å². The Hall–Kier alpha value is -4.30. The van der Waals surface area contributed by atoms with Crippen LogP contribution in [0.5, 0.6) is 17.2 Å². The first kappa shape index (κ1) is 46.1. The number of amides is 2. The van der Waals surface area contributed by atoms with Gasteiger partial charge in [-0.1, -0.05) is 83.7 Å². The minimum absolute atomic E-state index is 0.0371. The number of alkyl halides is 3. The Labute approximate surface area is 350 Å². The van der Waals surface area contributed by atoms with Gasteiger partial charge in [0.05, 0.1) is 34.5 Å². The highest BCUT2D eigenvalue weighted by molar-refractivity contribution is 6.54. The Kier molecular flexibility index (Phi) is 18.5. The third-order valence-corrected chi connectivity index (χ3v) is 9.11. The SMILES string of the molecule is CC1COc2ccccc2N1C(=O)C(Cl)Cl.CCOCN(C(=O)CCl)c1c(C)cccc1CC.COC(=O)c1cc(Oc2ccc(Cl)cc2Cl)ccc1[N+](=O)[O-]. The normalized spacial score (nSPS) is 12.8. The largest absolute Gasteiger partial charge is 0.489 e. The summed E-state index contributed by atoms with van der Waals surface area (Å²) >= 11 is 28.7. The van der Waals surface area contributed by atoms with Crippen LogP contribution >= 0.6 is 58.0 Å². The zero-order valence-corrected chi connectivity index (χ0v) is 34.9. The molecule has 0 fully saturated rings. The highest BCUT2D eigenvalue weighted by atomic mass is 35.5. The number of carbonyl (C=O) groups excluding carboxylic acids is 3. The zero-order valence-electron chi connectivity index (χ0n) is 31.1. The molecule has 300 valence electrons. The number of ether oxygens (including phenoxy) is 4. The Morgan fingerprint density at radius 1 is 1.02 bits per heavy atom. The van der Waals surface area contributed by atoms with Crippen molar-refractivity contribution >= 4 is 92.9 Å². The molecule has 0 spiro atoms. The number of fused-ring (bicyclic) bond motifs is 1. The highest BCUT2D eigenvalue weighted by Crippen LogP contribution is 2.35. The molecule has 2 amide bonds. The molecule has 0 saturated heterocycles. The van der Waals surface area contributed by atoms with Gasteiger partial charge >= 0.3 is 5.97 Å². The summed E-state index contributed by atoms with van der Waals surface area (Å²) in [6, 6.07) is 21.6. The van der Waals surface area contributed by atoms with Crippen molar-refractivity contribution in [3.8, 4) is 17.2 Å². The second-order valence-corrected chi connectivity index (χ2v) is 14.0. The molecular formula is C39H40Cl5N3O9. The van der Waals surface area contributed by atoms with Gasteiger partial charge in [-0.2, -0.15) is 0 Å². The summed E-state index contributed by atoms with van der Waals surface area (Å²) < 4.78 is 20.9. The van der Waals surface area contributed by atoms with E-state index in [1.54, 1.807) is 21.9 Å². The molecule has 0 bridgehead atoms. The van der Waals surface area contributed by atoms with Crippen molar-refractivity contribution in [2.24, 2.45) is 0 Å². The third kappa shape index (κ3) is 12.3. The predicted molar refractivity (Wildman–Crippen MR) is 221 cm³/mol. The van der Waals surface area contributed by atoms with Gasteiger partial charge in [0, 0.05) is 23.8 Å². The number of nitro benzene ring substituents is 1. The Bertz CT molecular complexity index is 2000. The summed E-state index contributed by atoms with van der Waals surface area (Å²) in [5.41, 5.74) is 3.26. The second kappa shape index (κ2) is 22.4. The molecule has 1 aliphatic rings. The molecule has 0 saturated carbocycles. The molecule has 0 N–H and O–H groups in total. The monoisotopic (exact) mass is 869 g/mol. The van der Waals surface area contributed by atoms with Gasteiger partial charge in [-0.15, -0.1) is 11.6 Å². The highest BCUT2D eigenvalue weighted by Gasteiger charge is 2.32. The second-order valence-electron chi connectivity index (χ2n) is 11.8. The molecule has 17 heteroatoms. The Morgan fingerprint density at radius 3 is 2.34 bits per heavy atom. The number of nitro groups is 1. The van der Waals surface area contributed by atoms with E-state index in [2.05, 4.69) is 11.7 Å². The van der Waals surface area contributed by atoms with Crippen LogP contribution in [0.2, 0.25) is 10.0 Å². The Morgan fingerprint density at radius 2 is 1.73 bits per heavy atom. The van der Waals surface area contributed by atoms with Gasteiger partial charge in [0.25, 0.3) is 11.6 Å². The molecule has 1 heterocycles. The van der Waals surface area contributed by atoms with Crippen LogP contribution in [0.25, 0.3) is 0 Å². The predicted octanol–water partition coefficient (Wildman–Crippen LogP) is 10.2. The first-order chi connectivity index (χ1) is 26.7. The van der Waals surface area contributed by atoms with E-state index in [4.69, 9.17) is 72.2 Å². The summed E-state index contributed by atoms with van der Waals surface area (Å²) in [5.74, 6) is -0.126. The molecule has 1 atom stereocenters. The smallest absolute Gasteiger partial charge is 0.345 e. The lowest BCUT2D eigenvalue weighted by molar-refractivity contribution is -0.385. The van der Waals surface area contributed by atoms with E-state index in [1.165, 1.54) is 18.2 Å². The molecule has 12 nitrogen and oxygen atoms in total. The summed E-state index contributed by atoms with van der Waals surface area (Å²) in [6.07, 6.45) is 0.870. The fraction of sp³-hybridized carbons (Fsp3) is 0.308. The number of halogens is 5. The van der Waals surface area contributed by atoms with Crippen LogP contribution in [0.4, 0.5) is 17.1 Å². The number of hydrogen-bond donors (Lipinski definition) is 0. The van der Waals surface area contributed by atoms with E-state index in [9.17, 15) is 24.5 Å². The van der Waals surface area contributed by atoms with Crippen molar-refractivity contribution in [1.82, 2.24) is 0 Å². The number of para-hydroxylation sites is 3. The lowest BCUT2D eigenvalue weighted by Gasteiger charge is -2.35. The molecule has 4 aromatic carbocycles. The number of anilines is 2. The van der Waals surface area contributed by atoms with Crippen molar-refractivity contribution in [3.05, 3.63) is 116 Å². The first-order valence-electron chi connectivity index (χ1n) is 17.0. The topological polar surface area (TPSA) is 138 Å². The molecule has 0 aromatic heterocycles. The quantitative estimate of drug-likeness (QED) is 0.0474. The maximum atomic E-state index is 12.0. The summed E-state index contributed by atoms with van der Waals surface area (Å²) in [6.45, 7) is 9.13. The number of hydrogen-bond acceptors (Lipinski definition) is 9. The fourth-order valence-corrected chi connectivity index (χ4v) is 6.15. The lowest BCUT2D eigenvalue weighted by atomic mass is 10.0. The number of carbonyl (C=O) groups is 3. The summed E-state index contributed by atoms with van der Waals surface area (Å²) in [7, 11) is 1.13. The van der Waals surface area contributed by atoms with Gasteiger partial charge in [0.15, 0.2) is 4.84 Å². The van der Waals surface area contributed by atoms with Crippen LogP contribution < -0.4 is 19.3 Å². The molecule has 0 aliphatic carbocycles. The molecule has 0 radical (unpaired) electrons. The minimum Gasteiger partial charge on any atom is -0.489 e. The van der Waals surface area contributed by atoms with Crippen LogP contribution in [-0.4, -0.2) is 66.5 Å². The van der Waals surface area contributed by atoms with Gasteiger partial charge in [-0.05, 0) is 74.7 Å². The molecular weight excluding hydrogens is 832 g/mol. The zero-order chi connectivity index (χ0) is 41.5. The van der Waals surface area contributed by atoms with Gasteiger partial charge in [0.1, 0.15) is 42.0 Å². The number of methoxy groups -OCH3 is 1. The van der Waals surface area contributed by atoms with Gasteiger partial charge in [0.2, 0.25) is 5.91 Å². The molecule has 1 unspecified atom stereocenters. The van der Waals surface area contributed by atoms with Gasteiger partial charge in [-0.3, -0.25) is 24.6 Å². The van der Waals surface area contributed by atoms with E-state index < -0.39 is 15.7 Å². The van der Waals surface area contributed by atoms with Crippen LogP contribution in [0.15, 0.2) is 78.9 Å². The first-order valence-corrected chi connectivity index (χ1v) is 19.2. The number of esters is 1. The number of rotatable bonds is 11. The summed E-state index contributed by atoms with van der Waals surface area (Å²) in [5, 5.41) is 11.6. The van der Waals surface area contributed by atoms with Crippen molar-refractivity contribution in [2.45, 2.75) is 45.0 Å². The van der Waals surface area contributed by atoms with Crippen molar-refractivity contribution in [1.29, 1.82) is 0 Å². The molecule has 56 heavy (non-hydrogen) atoms. The molecule has 4 aromatic rings. The maximum Gasteiger partial charge on any atom is 0.345 e. The average Bonchev–Trinajstić information content (AvgIpc) is 3.19. The number of nitrogens with zero attached hydrogens (tertiary/aromatic N) is 3. The fourth-order valence-electron chi connectivity index (χ4n) is 5.35. The van der Waals surface area contributed by atoms with E-state index in [0.29, 0.717) is 29.7 Å².